The van der Waals surface area contributed by atoms with Gasteiger partial charge in [-0.05, 0) is 13.3 Å². The third kappa shape index (κ3) is 3.66. The van der Waals surface area contributed by atoms with Gasteiger partial charge in [-0.1, -0.05) is 19.8 Å². The molecule has 0 saturated carbocycles. The summed E-state index contributed by atoms with van der Waals surface area (Å²) >= 11 is 0. The molecule has 0 amide bonds. The van der Waals surface area contributed by atoms with Crippen LogP contribution in [0.25, 0.3) is 0 Å². The van der Waals surface area contributed by atoms with Gasteiger partial charge in [-0.15, -0.1) is 0 Å². The van der Waals surface area contributed by atoms with Crippen molar-refractivity contribution in [2.45, 2.75) is 51.2 Å². The minimum absolute atomic E-state index is 0.102. The Bertz CT molecular complexity index is 251. The van der Waals surface area contributed by atoms with Crippen molar-refractivity contribution in [3.8, 4) is 0 Å². The van der Waals surface area contributed by atoms with Crippen LogP contribution in [0.4, 0.5) is 0 Å². The second-order valence-corrected chi connectivity index (χ2v) is 3.96. The zero-order valence-corrected chi connectivity index (χ0v) is 9.77. The van der Waals surface area contributed by atoms with Gasteiger partial charge in [0.05, 0.1) is 6.61 Å². The van der Waals surface area contributed by atoms with Crippen molar-refractivity contribution < 1.29 is 24.9 Å². The molecule has 5 nitrogen and oxygen atoms in total. The number of carbonyl (C=O) groups is 2. The van der Waals surface area contributed by atoms with E-state index in [1.807, 2.05) is 6.92 Å². The maximum Gasteiger partial charge on any atom is 0.178 e. The number of Topliss-reactive ketones (excluding diaryl/α,β-unsaturated/α-hetero) is 2. The number of hydrogen-bond acceptors (Lipinski definition) is 5. The number of hydrogen-bond donors (Lipinski definition) is 3. The summed E-state index contributed by atoms with van der Waals surface area (Å²) in [5.74, 6) is -1.42. The minimum Gasteiger partial charge on any atom is -0.393 e. The fraction of sp³-hybridized carbons (Fsp3) is 0.818. The van der Waals surface area contributed by atoms with Gasteiger partial charge in [0, 0.05) is 6.42 Å². The highest BCUT2D eigenvalue weighted by molar-refractivity contribution is 5.95. The van der Waals surface area contributed by atoms with Gasteiger partial charge >= 0.3 is 0 Å². The van der Waals surface area contributed by atoms with E-state index in [4.69, 9.17) is 5.11 Å². The topological polar surface area (TPSA) is 94.8 Å². The van der Waals surface area contributed by atoms with Gasteiger partial charge in [-0.25, -0.2) is 0 Å². The first-order valence-electron chi connectivity index (χ1n) is 5.45. The molecule has 0 aromatic carbocycles. The number of ketones is 2. The third-order valence-corrected chi connectivity index (χ3v) is 2.63. The van der Waals surface area contributed by atoms with Gasteiger partial charge in [0.25, 0.3) is 0 Å². The fourth-order valence-corrected chi connectivity index (χ4v) is 1.34. The SMILES string of the molecule is CCCCCC(=O)C(O)C(O)(CO)C(C)=O. The molecule has 0 rings (SSSR count). The molecule has 2 unspecified atom stereocenters. The Morgan fingerprint density at radius 3 is 2.25 bits per heavy atom. The molecule has 0 aromatic rings. The average molecular weight is 232 g/mol. The van der Waals surface area contributed by atoms with Crippen LogP contribution in [0.2, 0.25) is 0 Å². The van der Waals surface area contributed by atoms with E-state index >= 15 is 0 Å². The van der Waals surface area contributed by atoms with Crippen LogP contribution < -0.4 is 0 Å². The van der Waals surface area contributed by atoms with Crippen molar-refractivity contribution in [3.63, 3.8) is 0 Å². The normalized spacial score (nSPS) is 16.6. The number of aliphatic hydroxyl groups is 3. The predicted molar refractivity (Wildman–Crippen MR) is 57.9 cm³/mol. The highest BCUT2D eigenvalue weighted by Gasteiger charge is 2.43. The molecule has 0 saturated heterocycles. The Kier molecular flexibility index (Phi) is 6.40. The molecular formula is C11H20O5. The van der Waals surface area contributed by atoms with Crippen LogP contribution >= 0.6 is 0 Å². The van der Waals surface area contributed by atoms with Crippen molar-refractivity contribution >= 4 is 11.6 Å². The van der Waals surface area contributed by atoms with Crippen LogP contribution in [0, 0.1) is 0 Å². The van der Waals surface area contributed by atoms with Crippen LogP contribution in [0.5, 0.6) is 0 Å². The van der Waals surface area contributed by atoms with Gasteiger partial charge in [0.15, 0.2) is 23.3 Å². The van der Waals surface area contributed by atoms with Crippen LogP contribution in [-0.4, -0.2) is 45.2 Å². The van der Waals surface area contributed by atoms with E-state index < -0.39 is 29.9 Å². The van der Waals surface area contributed by atoms with Crippen molar-refractivity contribution in [2.24, 2.45) is 0 Å². The summed E-state index contributed by atoms with van der Waals surface area (Å²) in [6.45, 7) is 2.04. The molecule has 0 aromatic heterocycles. The van der Waals surface area contributed by atoms with Crippen molar-refractivity contribution in [1.82, 2.24) is 0 Å². The largest absolute Gasteiger partial charge is 0.393 e. The zero-order chi connectivity index (χ0) is 12.8. The van der Waals surface area contributed by atoms with Gasteiger partial charge in [-0.3, -0.25) is 9.59 Å². The number of rotatable bonds is 8. The van der Waals surface area contributed by atoms with E-state index in [0.29, 0.717) is 6.42 Å². The Balaban J connectivity index is 4.45. The second-order valence-electron chi connectivity index (χ2n) is 3.96. The maximum absolute atomic E-state index is 11.5. The van der Waals surface area contributed by atoms with E-state index in [2.05, 4.69) is 0 Å². The summed E-state index contributed by atoms with van der Waals surface area (Å²) in [7, 11) is 0. The maximum atomic E-state index is 11.5. The average Bonchev–Trinajstić information content (AvgIpc) is 2.26. The lowest BCUT2D eigenvalue weighted by Gasteiger charge is -2.27. The summed E-state index contributed by atoms with van der Waals surface area (Å²) in [6.07, 6.45) is 0.638. The number of unbranched alkanes of at least 4 members (excludes halogenated alkanes) is 2. The Morgan fingerprint density at radius 2 is 1.88 bits per heavy atom. The lowest BCUT2D eigenvalue weighted by molar-refractivity contribution is -0.164. The number of aliphatic hydroxyl groups excluding tert-OH is 2. The molecule has 94 valence electrons. The summed E-state index contributed by atoms with van der Waals surface area (Å²) in [5.41, 5.74) is -2.36. The highest BCUT2D eigenvalue weighted by Crippen LogP contribution is 2.15. The summed E-state index contributed by atoms with van der Waals surface area (Å²) < 4.78 is 0. The predicted octanol–water partition coefficient (Wildman–Crippen LogP) is -0.191. The molecule has 3 N–H and O–H groups in total. The minimum atomic E-state index is -2.36. The molecule has 0 aliphatic carbocycles. The van der Waals surface area contributed by atoms with Gasteiger partial charge in [0.1, 0.15) is 0 Å². The fourth-order valence-electron chi connectivity index (χ4n) is 1.34. The first-order valence-corrected chi connectivity index (χ1v) is 5.45. The van der Waals surface area contributed by atoms with Crippen LogP contribution in [0.15, 0.2) is 0 Å². The molecule has 0 radical (unpaired) electrons. The molecular weight excluding hydrogens is 212 g/mol. The summed E-state index contributed by atoms with van der Waals surface area (Å²) in [4.78, 5) is 22.5. The monoisotopic (exact) mass is 232 g/mol. The van der Waals surface area contributed by atoms with E-state index in [-0.39, 0.29) is 6.42 Å². The molecule has 0 bridgehead atoms. The van der Waals surface area contributed by atoms with Crippen molar-refractivity contribution in [2.75, 3.05) is 6.61 Å². The van der Waals surface area contributed by atoms with E-state index in [0.717, 1.165) is 19.8 Å². The Morgan fingerprint density at radius 1 is 1.31 bits per heavy atom. The highest BCUT2D eigenvalue weighted by atomic mass is 16.4. The first kappa shape index (κ1) is 15.2. The Labute approximate surface area is 95.1 Å². The molecule has 0 aliphatic heterocycles. The van der Waals surface area contributed by atoms with Gasteiger partial charge in [-0.2, -0.15) is 0 Å². The lowest BCUT2D eigenvalue weighted by atomic mass is 9.89. The van der Waals surface area contributed by atoms with E-state index in [1.54, 1.807) is 0 Å². The standard InChI is InChI=1S/C11H20O5/c1-3-4-5-6-9(14)10(15)11(16,7-12)8(2)13/h10,12,15-16H,3-7H2,1-2H3. The van der Waals surface area contributed by atoms with Crippen molar-refractivity contribution in [1.29, 1.82) is 0 Å². The molecule has 5 heteroatoms. The first-order chi connectivity index (χ1) is 7.40. The van der Waals surface area contributed by atoms with Crippen LogP contribution in [0.1, 0.15) is 39.5 Å². The molecule has 0 aliphatic rings. The van der Waals surface area contributed by atoms with Gasteiger partial charge in [0.2, 0.25) is 0 Å². The quantitative estimate of drug-likeness (QED) is 0.504. The summed E-state index contributed by atoms with van der Waals surface area (Å²) in [6, 6.07) is 0. The Hall–Kier alpha value is -0.780. The molecule has 16 heavy (non-hydrogen) atoms. The molecule has 0 heterocycles. The molecule has 0 spiro atoms. The van der Waals surface area contributed by atoms with Crippen LogP contribution in [0.3, 0.4) is 0 Å². The molecule has 2 atom stereocenters. The van der Waals surface area contributed by atoms with Crippen LogP contribution in [-0.2, 0) is 9.59 Å². The van der Waals surface area contributed by atoms with Gasteiger partial charge < -0.3 is 15.3 Å². The summed E-state index contributed by atoms with van der Waals surface area (Å²) in [5, 5.41) is 28.0. The zero-order valence-electron chi connectivity index (χ0n) is 9.77. The lowest BCUT2D eigenvalue weighted by Crippen LogP contribution is -2.55. The van der Waals surface area contributed by atoms with Crippen molar-refractivity contribution in [3.05, 3.63) is 0 Å². The molecule has 0 fully saturated rings. The number of carbonyl (C=O) groups excluding carboxylic acids is 2. The van der Waals surface area contributed by atoms with E-state index in [9.17, 15) is 19.8 Å². The third-order valence-electron chi connectivity index (χ3n) is 2.63. The smallest absolute Gasteiger partial charge is 0.178 e. The van der Waals surface area contributed by atoms with E-state index in [1.165, 1.54) is 0 Å². The second kappa shape index (κ2) is 6.73.